The Morgan fingerprint density at radius 1 is 1.22 bits per heavy atom. The minimum Gasteiger partial charge on any atom is -0.348 e. The van der Waals surface area contributed by atoms with Crippen LogP contribution in [0.3, 0.4) is 0 Å². The summed E-state index contributed by atoms with van der Waals surface area (Å²) in [5.41, 5.74) is 2.75. The summed E-state index contributed by atoms with van der Waals surface area (Å²) < 4.78 is 0. The van der Waals surface area contributed by atoms with Crippen LogP contribution in [0.5, 0.6) is 0 Å². The van der Waals surface area contributed by atoms with Gasteiger partial charge in [0.05, 0.1) is 6.54 Å². The van der Waals surface area contributed by atoms with Crippen molar-refractivity contribution in [2.75, 3.05) is 52.1 Å². The molecule has 1 fully saturated rings. The largest absolute Gasteiger partial charge is 0.348 e. The number of anilines is 1. The van der Waals surface area contributed by atoms with Crippen molar-refractivity contribution in [3.63, 3.8) is 0 Å². The highest BCUT2D eigenvalue weighted by Gasteiger charge is 2.23. The van der Waals surface area contributed by atoms with Crippen molar-refractivity contribution in [3.8, 4) is 10.6 Å². The summed E-state index contributed by atoms with van der Waals surface area (Å²) in [7, 11) is 3.51. The highest BCUT2D eigenvalue weighted by Crippen LogP contribution is 2.26. The van der Waals surface area contributed by atoms with E-state index in [0.717, 1.165) is 22.0 Å². The molecule has 144 valence electrons. The summed E-state index contributed by atoms with van der Waals surface area (Å²) >= 11 is 1.59. The summed E-state index contributed by atoms with van der Waals surface area (Å²) in [6.07, 6.45) is 0. The number of thiazole rings is 1. The van der Waals surface area contributed by atoms with Gasteiger partial charge in [-0.05, 0) is 19.1 Å². The van der Waals surface area contributed by atoms with Gasteiger partial charge in [0.2, 0.25) is 5.91 Å². The zero-order chi connectivity index (χ0) is 19.4. The number of likely N-dealkylation sites (N-methyl/N-ethyl adjacent to an activating group) is 1. The van der Waals surface area contributed by atoms with Crippen molar-refractivity contribution in [3.05, 3.63) is 35.3 Å². The van der Waals surface area contributed by atoms with Gasteiger partial charge in [-0.1, -0.05) is 12.1 Å². The zero-order valence-electron chi connectivity index (χ0n) is 15.9. The standard InChI is InChI=1S/C19H25N5O2S/c1-14-13-27-18(20-14)15-5-4-6-16(11-15)21-19(26)24-9-7-23(8-10-24)12-17(25)22(2)3/h4-6,11,13H,7-10,12H2,1-3H3,(H,21,26). The Morgan fingerprint density at radius 2 is 1.96 bits per heavy atom. The van der Waals surface area contributed by atoms with Gasteiger partial charge in [0.1, 0.15) is 5.01 Å². The summed E-state index contributed by atoms with van der Waals surface area (Å²) in [5.74, 6) is 0.0853. The first-order valence-corrected chi connectivity index (χ1v) is 9.81. The van der Waals surface area contributed by atoms with Gasteiger partial charge in [-0.15, -0.1) is 11.3 Å². The van der Waals surface area contributed by atoms with Gasteiger partial charge in [-0.2, -0.15) is 0 Å². The molecule has 1 aromatic heterocycles. The van der Waals surface area contributed by atoms with Crippen LogP contribution < -0.4 is 5.32 Å². The first kappa shape index (κ1) is 19.3. The summed E-state index contributed by atoms with van der Waals surface area (Å²) in [4.78, 5) is 34.3. The molecule has 0 aliphatic carbocycles. The Kier molecular flexibility index (Phi) is 6.08. The van der Waals surface area contributed by atoms with E-state index in [1.165, 1.54) is 0 Å². The van der Waals surface area contributed by atoms with Crippen molar-refractivity contribution >= 4 is 29.0 Å². The smallest absolute Gasteiger partial charge is 0.321 e. The number of nitrogens with one attached hydrogen (secondary N) is 1. The van der Waals surface area contributed by atoms with E-state index < -0.39 is 0 Å². The third kappa shape index (κ3) is 5.05. The fourth-order valence-electron chi connectivity index (χ4n) is 2.86. The molecule has 1 aliphatic rings. The zero-order valence-corrected chi connectivity index (χ0v) is 16.8. The van der Waals surface area contributed by atoms with Gasteiger partial charge in [-0.25, -0.2) is 9.78 Å². The van der Waals surface area contributed by atoms with Crippen molar-refractivity contribution in [2.24, 2.45) is 0 Å². The highest BCUT2D eigenvalue weighted by atomic mass is 32.1. The fourth-order valence-corrected chi connectivity index (χ4v) is 3.66. The van der Waals surface area contributed by atoms with E-state index in [4.69, 9.17) is 0 Å². The molecule has 7 nitrogen and oxygen atoms in total. The predicted octanol–water partition coefficient (Wildman–Crippen LogP) is 2.36. The van der Waals surface area contributed by atoms with Crippen LogP contribution in [0.1, 0.15) is 5.69 Å². The number of amides is 3. The minimum absolute atomic E-state index is 0.0853. The summed E-state index contributed by atoms with van der Waals surface area (Å²) in [6, 6.07) is 7.64. The topological polar surface area (TPSA) is 68.8 Å². The van der Waals surface area contributed by atoms with E-state index in [9.17, 15) is 9.59 Å². The summed E-state index contributed by atoms with van der Waals surface area (Å²) in [6.45, 7) is 4.99. The molecule has 3 amide bonds. The van der Waals surface area contributed by atoms with Crippen LogP contribution in [0.2, 0.25) is 0 Å². The van der Waals surface area contributed by atoms with Crippen molar-refractivity contribution in [1.29, 1.82) is 0 Å². The molecular weight excluding hydrogens is 362 g/mol. The SMILES string of the molecule is Cc1csc(-c2cccc(NC(=O)N3CCN(CC(=O)N(C)C)CC3)c2)n1. The molecule has 27 heavy (non-hydrogen) atoms. The number of hydrogen-bond acceptors (Lipinski definition) is 5. The Bertz CT molecular complexity index is 812. The molecule has 1 aromatic carbocycles. The van der Waals surface area contributed by atoms with E-state index in [2.05, 4.69) is 15.2 Å². The molecule has 3 rings (SSSR count). The number of urea groups is 1. The fraction of sp³-hybridized carbons (Fsp3) is 0.421. The van der Waals surface area contributed by atoms with Crippen LogP contribution in [0, 0.1) is 6.92 Å². The molecule has 1 N–H and O–H groups in total. The number of aromatic nitrogens is 1. The van der Waals surface area contributed by atoms with Gasteiger partial charge >= 0.3 is 6.03 Å². The van der Waals surface area contributed by atoms with Crippen LogP contribution in [0.4, 0.5) is 10.5 Å². The van der Waals surface area contributed by atoms with Crippen LogP contribution in [-0.4, -0.2) is 78.4 Å². The van der Waals surface area contributed by atoms with Crippen molar-refractivity contribution < 1.29 is 9.59 Å². The number of rotatable bonds is 4. The Morgan fingerprint density at radius 3 is 2.59 bits per heavy atom. The number of hydrogen-bond donors (Lipinski definition) is 1. The van der Waals surface area contributed by atoms with Gasteiger partial charge < -0.3 is 15.1 Å². The molecular formula is C19H25N5O2S. The number of carbonyl (C=O) groups excluding carboxylic acids is 2. The highest BCUT2D eigenvalue weighted by molar-refractivity contribution is 7.13. The van der Waals surface area contributed by atoms with Crippen LogP contribution in [0.15, 0.2) is 29.6 Å². The maximum atomic E-state index is 12.6. The average molecular weight is 388 g/mol. The molecule has 0 saturated carbocycles. The third-order valence-corrected chi connectivity index (χ3v) is 5.51. The molecule has 0 spiro atoms. The molecule has 0 unspecified atom stereocenters. The van der Waals surface area contributed by atoms with Crippen LogP contribution >= 0.6 is 11.3 Å². The molecule has 0 radical (unpaired) electrons. The first-order chi connectivity index (χ1) is 12.9. The molecule has 2 heterocycles. The number of carbonyl (C=O) groups is 2. The lowest BCUT2D eigenvalue weighted by Crippen LogP contribution is -2.52. The van der Waals surface area contributed by atoms with E-state index in [1.54, 1.807) is 35.2 Å². The minimum atomic E-state index is -0.110. The monoisotopic (exact) mass is 387 g/mol. The Balaban J connectivity index is 1.55. The Hall–Kier alpha value is -2.45. The first-order valence-electron chi connectivity index (χ1n) is 8.93. The van der Waals surface area contributed by atoms with Gasteiger partial charge in [-0.3, -0.25) is 9.69 Å². The lowest BCUT2D eigenvalue weighted by atomic mass is 10.2. The predicted molar refractivity (Wildman–Crippen MR) is 108 cm³/mol. The lowest BCUT2D eigenvalue weighted by molar-refractivity contribution is -0.130. The van der Waals surface area contributed by atoms with Crippen LogP contribution in [-0.2, 0) is 4.79 Å². The van der Waals surface area contributed by atoms with Gasteiger partial charge in [0, 0.05) is 62.6 Å². The lowest BCUT2D eigenvalue weighted by Gasteiger charge is -2.34. The molecule has 1 saturated heterocycles. The number of aryl methyl sites for hydroxylation is 1. The second-order valence-electron chi connectivity index (χ2n) is 6.86. The molecule has 8 heteroatoms. The second-order valence-corrected chi connectivity index (χ2v) is 7.71. The Labute approximate surface area is 163 Å². The van der Waals surface area contributed by atoms with E-state index in [-0.39, 0.29) is 11.9 Å². The maximum absolute atomic E-state index is 12.6. The van der Waals surface area contributed by atoms with Gasteiger partial charge in [0.15, 0.2) is 0 Å². The molecule has 0 atom stereocenters. The normalized spacial score (nSPS) is 14.9. The van der Waals surface area contributed by atoms with Crippen molar-refractivity contribution in [2.45, 2.75) is 6.92 Å². The van der Waals surface area contributed by atoms with E-state index in [0.29, 0.717) is 32.7 Å². The van der Waals surface area contributed by atoms with Gasteiger partial charge in [0.25, 0.3) is 0 Å². The van der Waals surface area contributed by atoms with E-state index >= 15 is 0 Å². The molecule has 2 aromatic rings. The van der Waals surface area contributed by atoms with Crippen molar-refractivity contribution in [1.82, 2.24) is 19.7 Å². The third-order valence-electron chi connectivity index (χ3n) is 4.50. The van der Waals surface area contributed by atoms with E-state index in [1.807, 2.05) is 36.6 Å². The number of nitrogens with zero attached hydrogens (tertiary/aromatic N) is 4. The maximum Gasteiger partial charge on any atom is 0.321 e. The van der Waals surface area contributed by atoms with Crippen LogP contribution in [0.25, 0.3) is 10.6 Å². The molecule has 1 aliphatic heterocycles. The average Bonchev–Trinajstić information content (AvgIpc) is 3.09. The quantitative estimate of drug-likeness (QED) is 0.874. The second kappa shape index (κ2) is 8.49. The number of piperazine rings is 1. The summed E-state index contributed by atoms with van der Waals surface area (Å²) in [5, 5.41) is 5.93. The molecule has 0 bridgehead atoms. The number of benzene rings is 1.